The summed E-state index contributed by atoms with van der Waals surface area (Å²) in [5, 5.41) is 2.51. The van der Waals surface area contributed by atoms with Crippen LogP contribution in [0.5, 0.6) is 0 Å². The molecule has 0 heterocycles. The average Bonchev–Trinajstić information content (AvgIpc) is 3.82. The summed E-state index contributed by atoms with van der Waals surface area (Å²) < 4.78 is 0. The fourth-order valence-electron chi connectivity index (χ4n) is 10.8. The minimum absolute atomic E-state index is 0.125. The minimum atomic E-state index is -0.577. The smallest absolute Gasteiger partial charge is 0.0731 e. The summed E-state index contributed by atoms with van der Waals surface area (Å²) in [4.78, 5) is 2.47. The number of rotatable bonds is 6. The van der Waals surface area contributed by atoms with E-state index in [0.717, 1.165) is 17.1 Å². The second kappa shape index (κ2) is 12.8. The average molecular weight is 742 g/mol. The third-order valence-corrected chi connectivity index (χ3v) is 13.2. The molecule has 0 aliphatic heterocycles. The number of para-hydroxylation sites is 2. The van der Waals surface area contributed by atoms with E-state index in [1.807, 2.05) is 0 Å². The van der Waals surface area contributed by atoms with Crippen LogP contribution in [0.3, 0.4) is 0 Å². The Balaban J connectivity index is 1.21. The minimum Gasteiger partial charge on any atom is -0.310 e. The van der Waals surface area contributed by atoms with Gasteiger partial charge >= 0.3 is 0 Å². The molecule has 1 spiro atoms. The lowest BCUT2D eigenvalue weighted by molar-refractivity contribution is 0.660. The molecular formula is C57H43N. The van der Waals surface area contributed by atoms with Crippen molar-refractivity contribution in [2.75, 3.05) is 4.90 Å². The second-order valence-electron chi connectivity index (χ2n) is 16.4. The van der Waals surface area contributed by atoms with Gasteiger partial charge in [0.2, 0.25) is 0 Å². The number of hydrogen-bond acceptors (Lipinski definition) is 1. The van der Waals surface area contributed by atoms with E-state index in [1.165, 1.54) is 88.7 Å². The lowest BCUT2D eigenvalue weighted by atomic mass is 9.67. The van der Waals surface area contributed by atoms with Crippen LogP contribution in [-0.2, 0) is 10.8 Å². The molecule has 1 unspecified atom stereocenters. The Bertz CT molecular complexity index is 3070. The van der Waals surface area contributed by atoms with Gasteiger partial charge in [0.1, 0.15) is 0 Å². The van der Waals surface area contributed by atoms with E-state index in [-0.39, 0.29) is 5.41 Å². The van der Waals surface area contributed by atoms with Crippen LogP contribution in [0.15, 0.2) is 206 Å². The second-order valence-corrected chi connectivity index (χ2v) is 16.4. The number of allylic oxidation sites excluding steroid dienone is 5. The number of hydrogen-bond donors (Lipinski definition) is 0. The first-order valence-electron chi connectivity index (χ1n) is 20.4. The molecule has 8 aromatic carbocycles. The number of nitrogens with zero attached hydrogens (tertiary/aromatic N) is 1. The molecule has 0 saturated carbocycles. The van der Waals surface area contributed by atoms with Gasteiger partial charge < -0.3 is 4.90 Å². The van der Waals surface area contributed by atoms with Gasteiger partial charge in [-0.3, -0.25) is 0 Å². The third kappa shape index (κ3) is 4.53. The summed E-state index contributed by atoms with van der Waals surface area (Å²) in [6.45, 7) is 11.4. The monoisotopic (exact) mass is 741 g/mol. The van der Waals surface area contributed by atoms with Gasteiger partial charge in [-0.15, -0.1) is 0 Å². The van der Waals surface area contributed by atoms with E-state index < -0.39 is 5.41 Å². The molecule has 0 bridgehead atoms. The summed E-state index contributed by atoms with van der Waals surface area (Å²) in [5.41, 5.74) is 20.7. The van der Waals surface area contributed by atoms with Crippen molar-refractivity contribution in [1.82, 2.24) is 0 Å². The fourth-order valence-corrected chi connectivity index (χ4v) is 10.8. The Morgan fingerprint density at radius 3 is 1.90 bits per heavy atom. The molecule has 0 N–H and O–H groups in total. The van der Waals surface area contributed by atoms with Crippen LogP contribution in [0.25, 0.3) is 49.7 Å². The van der Waals surface area contributed by atoms with Gasteiger partial charge in [0.15, 0.2) is 0 Å². The van der Waals surface area contributed by atoms with Gasteiger partial charge in [-0.05, 0) is 120 Å². The first kappa shape index (κ1) is 34.3. The largest absolute Gasteiger partial charge is 0.310 e. The zero-order valence-corrected chi connectivity index (χ0v) is 33.1. The maximum atomic E-state index is 4.59. The molecule has 1 heteroatoms. The van der Waals surface area contributed by atoms with Crippen molar-refractivity contribution in [2.24, 2.45) is 0 Å². The van der Waals surface area contributed by atoms with E-state index in [2.05, 4.69) is 226 Å². The quantitative estimate of drug-likeness (QED) is 0.164. The normalized spacial score (nSPS) is 16.7. The van der Waals surface area contributed by atoms with Gasteiger partial charge in [0.05, 0.1) is 11.1 Å². The predicted molar refractivity (Wildman–Crippen MR) is 245 cm³/mol. The van der Waals surface area contributed by atoms with Crippen molar-refractivity contribution in [3.63, 3.8) is 0 Å². The van der Waals surface area contributed by atoms with Crippen LogP contribution in [0.2, 0.25) is 0 Å². The van der Waals surface area contributed by atoms with Crippen molar-refractivity contribution in [3.05, 3.63) is 240 Å². The maximum absolute atomic E-state index is 4.59. The molecule has 0 saturated heterocycles. The van der Waals surface area contributed by atoms with Crippen molar-refractivity contribution in [3.8, 4) is 33.4 Å². The molecular weight excluding hydrogens is 699 g/mol. The lowest BCUT2D eigenvalue weighted by Gasteiger charge is -2.34. The van der Waals surface area contributed by atoms with Gasteiger partial charge in [0, 0.05) is 22.4 Å². The highest BCUT2D eigenvalue weighted by Gasteiger charge is 2.53. The molecule has 0 amide bonds. The molecule has 11 rings (SSSR count). The standard InChI is InChI=1S/C57H43N/c1-5-19-47-48(6-2)57(51-35-32-37-20-10-11-23-40(37)54(47)51)50-30-16-13-25-42(50)45-27-18-28-46(55(45)57)44-26-14-17-31-53(44)58(38-21-8-7-9-22-38)39-33-34-43-41-24-12-15-29-49(41)56(3,4)52(43)36-39/h5-36H,2H2,1,3-4H3/b19-5-. The molecule has 8 aromatic rings. The van der Waals surface area contributed by atoms with Crippen molar-refractivity contribution < 1.29 is 0 Å². The summed E-state index contributed by atoms with van der Waals surface area (Å²) in [7, 11) is 0. The molecule has 1 nitrogen and oxygen atoms in total. The molecule has 3 aliphatic rings. The molecule has 1 atom stereocenters. The Kier molecular flexibility index (Phi) is 7.56. The Labute approximate surface area is 341 Å². The molecule has 0 fully saturated rings. The van der Waals surface area contributed by atoms with E-state index in [4.69, 9.17) is 0 Å². The number of anilines is 3. The van der Waals surface area contributed by atoms with Crippen LogP contribution in [0.4, 0.5) is 17.1 Å². The SMILES string of the molecule is C=CC1=C(/C=C\C)c2c(ccc3ccccc23)C12c1ccccc1-c1cccc(-c3ccccc3N(c3ccccc3)c3ccc4c(c3)C(C)(C)c3ccccc3-4)c12. The lowest BCUT2D eigenvalue weighted by Crippen LogP contribution is -2.27. The van der Waals surface area contributed by atoms with E-state index in [0.29, 0.717) is 0 Å². The third-order valence-electron chi connectivity index (χ3n) is 13.2. The molecule has 58 heavy (non-hydrogen) atoms. The van der Waals surface area contributed by atoms with Crippen LogP contribution in [0.1, 0.15) is 54.2 Å². The summed E-state index contributed by atoms with van der Waals surface area (Å²) >= 11 is 0. The summed E-state index contributed by atoms with van der Waals surface area (Å²) in [6, 6.07) is 65.4. The molecule has 276 valence electrons. The van der Waals surface area contributed by atoms with Gasteiger partial charge in [-0.2, -0.15) is 0 Å². The maximum Gasteiger partial charge on any atom is 0.0731 e. The highest BCUT2D eigenvalue weighted by atomic mass is 15.1. The highest BCUT2D eigenvalue weighted by Crippen LogP contribution is 2.65. The van der Waals surface area contributed by atoms with Gasteiger partial charge in [0.25, 0.3) is 0 Å². The Morgan fingerprint density at radius 2 is 1.12 bits per heavy atom. The fraction of sp³-hybridized carbons (Fsp3) is 0.0877. The van der Waals surface area contributed by atoms with Crippen LogP contribution < -0.4 is 4.90 Å². The summed E-state index contributed by atoms with van der Waals surface area (Å²) in [5.74, 6) is 0. The van der Waals surface area contributed by atoms with Crippen LogP contribution >= 0.6 is 0 Å². The first-order chi connectivity index (χ1) is 28.5. The van der Waals surface area contributed by atoms with Crippen molar-refractivity contribution in [2.45, 2.75) is 31.6 Å². The zero-order valence-electron chi connectivity index (χ0n) is 33.1. The van der Waals surface area contributed by atoms with E-state index in [9.17, 15) is 0 Å². The van der Waals surface area contributed by atoms with Crippen LogP contribution in [-0.4, -0.2) is 0 Å². The Morgan fingerprint density at radius 1 is 0.500 bits per heavy atom. The predicted octanol–water partition coefficient (Wildman–Crippen LogP) is 15.1. The van der Waals surface area contributed by atoms with Crippen molar-refractivity contribution >= 4 is 33.4 Å². The van der Waals surface area contributed by atoms with Gasteiger partial charge in [-0.1, -0.05) is 184 Å². The first-order valence-corrected chi connectivity index (χ1v) is 20.4. The van der Waals surface area contributed by atoms with E-state index >= 15 is 0 Å². The topological polar surface area (TPSA) is 3.24 Å². The Hall–Kier alpha value is -6.96. The molecule has 0 radical (unpaired) electrons. The zero-order chi connectivity index (χ0) is 39.2. The van der Waals surface area contributed by atoms with Crippen LogP contribution in [0, 0.1) is 0 Å². The van der Waals surface area contributed by atoms with Gasteiger partial charge in [-0.25, -0.2) is 0 Å². The molecule has 0 aromatic heterocycles. The summed E-state index contributed by atoms with van der Waals surface area (Å²) in [6.07, 6.45) is 6.62. The van der Waals surface area contributed by atoms with E-state index in [1.54, 1.807) is 0 Å². The molecule has 3 aliphatic carbocycles. The van der Waals surface area contributed by atoms with Crippen molar-refractivity contribution in [1.29, 1.82) is 0 Å². The number of benzene rings is 8. The highest BCUT2D eigenvalue weighted by molar-refractivity contribution is 6.08. The number of fused-ring (bicyclic) bond motifs is 12.